The van der Waals surface area contributed by atoms with Gasteiger partial charge >= 0.3 is 0 Å². The number of fused-ring (bicyclic) bond motifs is 1. The molecule has 0 aliphatic carbocycles. The number of hydrogen-bond donors (Lipinski definition) is 1. The van der Waals surface area contributed by atoms with Crippen molar-refractivity contribution in [1.82, 2.24) is 5.32 Å². The van der Waals surface area contributed by atoms with E-state index in [1.54, 1.807) is 0 Å². The molecule has 0 fully saturated rings. The molecule has 0 radical (unpaired) electrons. The van der Waals surface area contributed by atoms with Crippen LogP contribution in [0.3, 0.4) is 0 Å². The van der Waals surface area contributed by atoms with Crippen molar-refractivity contribution in [2.75, 3.05) is 13.2 Å². The molecular formula is C19H23NO. The van der Waals surface area contributed by atoms with E-state index in [0.29, 0.717) is 0 Å². The highest BCUT2D eigenvalue weighted by molar-refractivity contribution is 5.43. The summed E-state index contributed by atoms with van der Waals surface area (Å²) in [5.41, 5.74) is 5.37. The Kier molecular flexibility index (Phi) is 4.26. The van der Waals surface area contributed by atoms with Crippen LogP contribution >= 0.6 is 0 Å². The van der Waals surface area contributed by atoms with Gasteiger partial charge < -0.3 is 10.1 Å². The quantitative estimate of drug-likeness (QED) is 0.898. The minimum Gasteiger partial charge on any atom is -0.493 e. The normalized spacial score (nSPS) is 14.6. The lowest BCUT2D eigenvalue weighted by Gasteiger charge is -2.20. The summed E-state index contributed by atoms with van der Waals surface area (Å²) in [6, 6.07) is 15.8. The zero-order chi connectivity index (χ0) is 14.7. The van der Waals surface area contributed by atoms with Gasteiger partial charge in [0.15, 0.2) is 0 Å². The summed E-state index contributed by atoms with van der Waals surface area (Å²) in [4.78, 5) is 0. The minimum atomic E-state index is 0.256. The molecule has 0 aromatic heterocycles. The lowest BCUT2D eigenvalue weighted by molar-refractivity contribution is 0.357. The van der Waals surface area contributed by atoms with Crippen molar-refractivity contribution >= 4 is 0 Å². The molecule has 110 valence electrons. The first-order valence-electron chi connectivity index (χ1n) is 7.89. The highest BCUT2D eigenvalue weighted by atomic mass is 16.5. The molecule has 1 aliphatic rings. The molecule has 0 spiro atoms. The SMILES string of the molecule is CCNC(c1ccc(CC)cc1)c1ccc2c(c1)CCO2. The van der Waals surface area contributed by atoms with Crippen LogP contribution < -0.4 is 10.1 Å². The Bertz CT molecular complexity index is 603. The second-order valence-electron chi connectivity index (χ2n) is 5.55. The van der Waals surface area contributed by atoms with E-state index in [1.807, 2.05) is 0 Å². The van der Waals surface area contributed by atoms with Crippen LogP contribution in [0.2, 0.25) is 0 Å². The Balaban J connectivity index is 1.93. The Morgan fingerprint density at radius 3 is 2.52 bits per heavy atom. The Morgan fingerprint density at radius 1 is 1.05 bits per heavy atom. The molecule has 2 aromatic rings. The topological polar surface area (TPSA) is 21.3 Å². The van der Waals surface area contributed by atoms with Gasteiger partial charge in [-0.3, -0.25) is 0 Å². The van der Waals surface area contributed by atoms with Crippen molar-refractivity contribution in [3.8, 4) is 5.75 Å². The molecular weight excluding hydrogens is 258 g/mol. The summed E-state index contributed by atoms with van der Waals surface area (Å²) in [6.07, 6.45) is 2.11. The number of benzene rings is 2. The van der Waals surface area contributed by atoms with Crippen LogP contribution in [0.15, 0.2) is 42.5 Å². The maximum Gasteiger partial charge on any atom is 0.122 e. The van der Waals surface area contributed by atoms with Crippen LogP contribution in [0.25, 0.3) is 0 Å². The maximum atomic E-state index is 5.61. The Morgan fingerprint density at radius 2 is 1.81 bits per heavy atom. The van der Waals surface area contributed by atoms with Gasteiger partial charge in [0.05, 0.1) is 12.6 Å². The third kappa shape index (κ3) is 2.96. The molecule has 2 heteroatoms. The van der Waals surface area contributed by atoms with E-state index >= 15 is 0 Å². The molecule has 0 saturated carbocycles. The van der Waals surface area contributed by atoms with Gasteiger partial charge in [0.1, 0.15) is 5.75 Å². The first kappa shape index (κ1) is 14.2. The van der Waals surface area contributed by atoms with Gasteiger partial charge in [-0.1, -0.05) is 50.2 Å². The van der Waals surface area contributed by atoms with Crippen LogP contribution in [0.1, 0.15) is 42.1 Å². The van der Waals surface area contributed by atoms with Crippen molar-refractivity contribution < 1.29 is 4.74 Å². The van der Waals surface area contributed by atoms with Crippen LogP contribution in [0.4, 0.5) is 0 Å². The van der Waals surface area contributed by atoms with Crippen molar-refractivity contribution in [3.05, 3.63) is 64.7 Å². The standard InChI is InChI=1S/C19H23NO/c1-3-14-5-7-15(8-6-14)19(20-4-2)17-9-10-18-16(13-17)11-12-21-18/h5-10,13,19-20H,3-4,11-12H2,1-2H3. The fourth-order valence-corrected chi connectivity index (χ4v) is 2.96. The minimum absolute atomic E-state index is 0.256. The van der Waals surface area contributed by atoms with Gasteiger partial charge in [-0.25, -0.2) is 0 Å². The average molecular weight is 281 g/mol. The van der Waals surface area contributed by atoms with Gasteiger partial charge in [-0.2, -0.15) is 0 Å². The molecule has 0 bridgehead atoms. The Labute approximate surface area is 127 Å². The van der Waals surface area contributed by atoms with Gasteiger partial charge in [0.2, 0.25) is 0 Å². The van der Waals surface area contributed by atoms with E-state index in [2.05, 4.69) is 61.6 Å². The van der Waals surface area contributed by atoms with E-state index in [1.165, 1.54) is 22.3 Å². The molecule has 1 aliphatic heterocycles. The highest BCUT2D eigenvalue weighted by Crippen LogP contribution is 2.30. The molecule has 21 heavy (non-hydrogen) atoms. The highest BCUT2D eigenvalue weighted by Gasteiger charge is 2.17. The number of hydrogen-bond acceptors (Lipinski definition) is 2. The monoisotopic (exact) mass is 281 g/mol. The zero-order valence-electron chi connectivity index (χ0n) is 12.9. The molecule has 2 aromatic carbocycles. The lowest BCUT2D eigenvalue weighted by Crippen LogP contribution is -2.22. The molecule has 3 rings (SSSR count). The molecule has 1 heterocycles. The van der Waals surface area contributed by atoms with Crippen LogP contribution in [0, 0.1) is 0 Å². The van der Waals surface area contributed by atoms with Crippen molar-refractivity contribution in [2.24, 2.45) is 0 Å². The van der Waals surface area contributed by atoms with Crippen LogP contribution in [0.5, 0.6) is 5.75 Å². The largest absolute Gasteiger partial charge is 0.493 e. The fourth-order valence-electron chi connectivity index (χ4n) is 2.96. The van der Waals surface area contributed by atoms with Crippen molar-refractivity contribution in [1.29, 1.82) is 0 Å². The average Bonchev–Trinajstić information content (AvgIpc) is 3.00. The maximum absolute atomic E-state index is 5.61. The lowest BCUT2D eigenvalue weighted by atomic mass is 9.95. The van der Waals surface area contributed by atoms with E-state index < -0.39 is 0 Å². The molecule has 1 atom stereocenters. The van der Waals surface area contributed by atoms with Gasteiger partial charge in [-0.15, -0.1) is 0 Å². The number of nitrogens with one attached hydrogen (secondary N) is 1. The van der Waals surface area contributed by atoms with E-state index in [4.69, 9.17) is 4.74 Å². The van der Waals surface area contributed by atoms with E-state index in [9.17, 15) is 0 Å². The first-order chi connectivity index (χ1) is 10.3. The molecule has 2 nitrogen and oxygen atoms in total. The summed E-state index contributed by atoms with van der Waals surface area (Å²) >= 11 is 0. The van der Waals surface area contributed by atoms with Gasteiger partial charge in [0.25, 0.3) is 0 Å². The molecule has 1 N–H and O–H groups in total. The van der Waals surface area contributed by atoms with Gasteiger partial charge in [0, 0.05) is 6.42 Å². The fraction of sp³-hybridized carbons (Fsp3) is 0.368. The van der Waals surface area contributed by atoms with Crippen LogP contribution in [-0.4, -0.2) is 13.2 Å². The van der Waals surface area contributed by atoms with Crippen molar-refractivity contribution in [2.45, 2.75) is 32.7 Å². The summed E-state index contributed by atoms with van der Waals surface area (Å²) < 4.78 is 5.61. The van der Waals surface area contributed by atoms with Crippen molar-refractivity contribution in [3.63, 3.8) is 0 Å². The van der Waals surface area contributed by atoms with E-state index in [0.717, 1.165) is 31.7 Å². The second kappa shape index (κ2) is 6.31. The van der Waals surface area contributed by atoms with E-state index in [-0.39, 0.29) is 6.04 Å². The summed E-state index contributed by atoms with van der Waals surface area (Å²) in [6.45, 7) is 6.12. The number of ether oxygens (including phenoxy) is 1. The van der Waals surface area contributed by atoms with Gasteiger partial charge in [-0.05, 0) is 41.3 Å². The van der Waals surface area contributed by atoms with Crippen LogP contribution in [-0.2, 0) is 12.8 Å². The third-order valence-corrected chi connectivity index (χ3v) is 4.18. The Hall–Kier alpha value is -1.80. The number of rotatable bonds is 5. The zero-order valence-corrected chi connectivity index (χ0v) is 12.9. The number of aryl methyl sites for hydroxylation is 1. The smallest absolute Gasteiger partial charge is 0.122 e. The summed E-state index contributed by atoms with van der Waals surface area (Å²) in [5.74, 6) is 1.05. The molecule has 0 amide bonds. The predicted octanol–water partition coefficient (Wildman–Crippen LogP) is 3.88. The molecule has 0 saturated heterocycles. The second-order valence-corrected chi connectivity index (χ2v) is 5.55. The third-order valence-electron chi connectivity index (χ3n) is 4.18. The summed E-state index contributed by atoms with van der Waals surface area (Å²) in [5, 5.41) is 3.60. The molecule has 1 unspecified atom stereocenters. The summed E-state index contributed by atoms with van der Waals surface area (Å²) in [7, 11) is 0. The predicted molar refractivity (Wildman–Crippen MR) is 87.0 cm³/mol. The first-order valence-corrected chi connectivity index (χ1v) is 7.89.